The van der Waals surface area contributed by atoms with Crippen LogP contribution in [0.4, 0.5) is 4.39 Å². The van der Waals surface area contributed by atoms with E-state index in [9.17, 15) is 14.0 Å². The number of hydrogen-bond donors (Lipinski definition) is 2. The van der Waals surface area contributed by atoms with E-state index >= 15 is 0 Å². The van der Waals surface area contributed by atoms with E-state index in [1.54, 1.807) is 24.3 Å². The Morgan fingerprint density at radius 2 is 2.18 bits per heavy atom. The molecule has 0 saturated carbocycles. The Morgan fingerprint density at radius 1 is 1.36 bits per heavy atom. The number of aliphatic carboxylic acids is 1. The third-order valence-corrected chi connectivity index (χ3v) is 4.92. The summed E-state index contributed by atoms with van der Waals surface area (Å²) in [6.07, 6.45) is 1.20. The first-order valence-corrected chi connectivity index (χ1v) is 9.08. The van der Waals surface area contributed by atoms with Crippen molar-refractivity contribution in [1.82, 2.24) is 5.32 Å². The van der Waals surface area contributed by atoms with Gasteiger partial charge in [0.1, 0.15) is 16.8 Å². The Balaban J connectivity index is 1.76. The molecule has 1 atom stereocenters. The molecule has 1 saturated heterocycles. The number of ether oxygens (including phenoxy) is 1. The number of nitrogens with one attached hydrogen (secondary N) is 1. The van der Waals surface area contributed by atoms with E-state index in [-0.39, 0.29) is 17.4 Å². The monoisotopic (exact) mass is 401 g/mol. The molecule has 1 aliphatic rings. The SMILES string of the molecule is COc1ccc(F)cc1-c1cccc(C=NN=C2NC(=O)C(CC(=O)O)S2)c1. The summed E-state index contributed by atoms with van der Waals surface area (Å²) in [6.45, 7) is 0. The van der Waals surface area contributed by atoms with Gasteiger partial charge in [-0.1, -0.05) is 30.0 Å². The van der Waals surface area contributed by atoms with Gasteiger partial charge in [-0.3, -0.25) is 9.59 Å². The largest absolute Gasteiger partial charge is 0.496 e. The van der Waals surface area contributed by atoms with Gasteiger partial charge in [-0.15, -0.1) is 5.10 Å². The van der Waals surface area contributed by atoms with E-state index < -0.39 is 17.1 Å². The van der Waals surface area contributed by atoms with E-state index in [1.165, 1.54) is 25.5 Å². The lowest BCUT2D eigenvalue weighted by Crippen LogP contribution is -2.26. The topological polar surface area (TPSA) is 100 Å². The lowest BCUT2D eigenvalue weighted by molar-refractivity contribution is -0.138. The molecule has 2 aromatic carbocycles. The highest BCUT2D eigenvalue weighted by atomic mass is 32.2. The number of rotatable bonds is 6. The number of nitrogens with zero attached hydrogens (tertiary/aromatic N) is 2. The van der Waals surface area contributed by atoms with Crippen LogP contribution in [0.2, 0.25) is 0 Å². The number of halogens is 1. The molecule has 9 heteroatoms. The second kappa shape index (κ2) is 8.66. The van der Waals surface area contributed by atoms with Gasteiger partial charge in [-0.2, -0.15) is 5.10 Å². The van der Waals surface area contributed by atoms with Gasteiger partial charge in [0.2, 0.25) is 5.91 Å². The van der Waals surface area contributed by atoms with Gasteiger partial charge in [0.15, 0.2) is 5.17 Å². The summed E-state index contributed by atoms with van der Waals surface area (Å²) in [5, 5.41) is 18.7. The fraction of sp³-hybridized carbons (Fsp3) is 0.158. The van der Waals surface area contributed by atoms with Crippen LogP contribution in [0.5, 0.6) is 5.75 Å². The molecule has 144 valence electrons. The molecule has 1 amide bonds. The Bertz CT molecular complexity index is 977. The van der Waals surface area contributed by atoms with E-state index in [1.807, 2.05) is 6.07 Å². The fourth-order valence-electron chi connectivity index (χ4n) is 2.59. The van der Waals surface area contributed by atoms with Crippen LogP contribution in [0.1, 0.15) is 12.0 Å². The summed E-state index contributed by atoms with van der Waals surface area (Å²) in [5.41, 5.74) is 2.07. The summed E-state index contributed by atoms with van der Waals surface area (Å²) in [5.74, 6) is -1.28. The summed E-state index contributed by atoms with van der Waals surface area (Å²) in [7, 11) is 1.52. The molecule has 0 aliphatic carbocycles. The summed E-state index contributed by atoms with van der Waals surface area (Å²) in [4.78, 5) is 22.4. The van der Waals surface area contributed by atoms with Crippen LogP contribution in [0.25, 0.3) is 11.1 Å². The van der Waals surface area contributed by atoms with Gasteiger partial charge >= 0.3 is 5.97 Å². The number of methoxy groups -OCH3 is 1. The number of carbonyl (C=O) groups is 2. The lowest BCUT2D eigenvalue weighted by atomic mass is 10.0. The van der Waals surface area contributed by atoms with Crippen molar-refractivity contribution in [3.63, 3.8) is 0 Å². The highest BCUT2D eigenvalue weighted by Crippen LogP contribution is 2.31. The predicted molar refractivity (Wildman–Crippen MR) is 105 cm³/mol. The molecule has 1 fully saturated rings. The molecule has 2 N–H and O–H groups in total. The first kappa shape index (κ1) is 19.6. The molecule has 0 spiro atoms. The minimum atomic E-state index is -1.05. The summed E-state index contributed by atoms with van der Waals surface area (Å²) < 4.78 is 18.9. The molecule has 28 heavy (non-hydrogen) atoms. The predicted octanol–water partition coefficient (Wildman–Crippen LogP) is 2.90. The number of carbonyl (C=O) groups excluding carboxylic acids is 1. The summed E-state index contributed by atoms with van der Waals surface area (Å²) >= 11 is 1.03. The number of hydrogen-bond acceptors (Lipinski definition) is 6. The normalized spacial score (nSPS) is 17.9. The van der Waals surface area contributed by atoms with Gasteiger partial charge in [0.05, 0.1) is 19.7 Å². The van der Waals surface area contributed by atoms with Crippen LogP contribution in [-0.2, 0) is 9.59 Å². The number of benzene rings is 2. The molecule has 2 aromatic rings. The molecule has 1 aliphatic heterocycles. The molecule has 0 bridgehead atoms. The van der Waals surface area contributed by atoms with Crippen LogP contribution in [0.15, 0.2) is 52.7 Å². The number of carboxylic acid groups (broad SMARTS) is 1. The van der Waals surface area contributed by atoms with Crippen LogP contribution in [0.3, 0.4) is 0 Å². The van der Waals surface area contributed by atoms with Gasteiger partial charge in [0, 0.05) is 5.56 Å². The van der Waals surface area contributed by atoms with Crippen LogP contribution in [-0.4, -0.2) is 40.7 Å². The van der Waals surface area contributed by atoms with E-state index in [4.69, 9.17) is 9.84 Å². The Labute approximate surface area is 164 Å². The number of thioether (sulfide) groups is 1. The van der Waals surface area contributed by atoms with Crippen molar-refractivity contribution in [2.75, 3.05) is 7.11 Å². The Kier molecular flexibility index (Phi) is 6.05. The zero-order valence-electron chi connectivity index (χ0n) is 14.8. The lowest BCUT2D eigenvalue weighted by Gasteiger charge is -2.09. The molecule has 1 unspecified atom stereocenters. The molecule has 1 heterocycles. The van der Waals surface area contributed by atoms with Crippen LogP contribution < -0.4 is 10.1 Å². The first-order chi connectivity index (χ1) is 13.5. The number of amidine groups is 1. The molecule has 0 aromatic heterocycles. The van der Waals surface area contributed by atoms with E-state index in [0.29, 0.717) is 16.9 Å². The molecular formula is C19H16FN3O4S. The highest BCUT2D eigenvalue weighted by molar-refractivity contribution is 8.15. The quantitative estimate of drug-likeness (QED) is 0.573. The van der Waals surface area contributed by atoms with Gasteiger partial charge in [0.25, 0.3) is 0 Å². The maximum absolute atomic E-state index is 13.6. The highest BCUT2D eigenvalue weighted by Gasteiger charge is 2.32. The minimum absolute atomic E-state index is 0.246. The second-order valence-corrected chi connectivity index (χ2v) is 7.00. The smallest absolute Gasteiger partial charge is 0.305 e. The maximum atomic E-state index is 13.6. The summed E-state index contributed by atoms with van der Waals surface area (Å²) in [6, 6.07) is 11.5. The van der Waals surface area contributed by atoms with E-state index in [0.717, 1.165) is 17.3 Å². The van der Waals surface area contributed by atoms with Crippen molar-refractivity contribution in [3.05, 3.63) is 53.8 Å². The van der Waals surface area contributed by atoms with Crippen molar-refractivity contribution in [2.45, 2.75) is 11.7 Å². The van der Waals surface area contributed by atoms with Crippen molar-refractivity contribution >= 4 is 35.0 Å². The van der Waals surface area contributed by atoms with Crippen LogP contribution in [0, 0.1) is 5.82 Å². The minimum Gasteiger partial charge on any atom is -0.496 e. The van der Waals surface area contributed by atoms with E-state index in [2.05, 4.69) is 15.5 Å². The van der Waals surface area contributed by atoms with Gasteiger partial charge in [-0.25, -0.2) is 4.39 Å². The standard InChI is InChI=1S/C19H16FN3O4S/c1-27-15-6-5-13(20)8-14(15)12-4-2-3-11(7-12)10-21-23-19-22-18(26)16(28-19)9-17(24)25/h2-8,10,16H,9H2,1H3,(H,24,25)(H,22,23,26). The fourth-order valence-corrected chi connectivity index (χ4v) is 3.50. The maximum Gasteiger partial charge on any atom is 0.305 e. The van der Waals surface area contributed by atoms with Gasteiger partial charge in [-0.05, 0) is 35.4 Å². The average molecular weight is 401 g/mol. The van der Waals surface area contributed by atoms with Crippen LogP contribution >= 0.6 is 11.8 Å². The number of amides is 1. The Hall–Kier alpha value is -3.20. The van der Waals surface area contributed by atoms with Crippen molar-refractivity contribution in [2.24, 2.45) is 10.2 Å². The zero-order chi connectivity index (χ0) is 20.1. The van der Waals surface area contributed by atoms with Crippen molar-refractivity contribution < 1.29 is 23.8 Å². The average Bonchev–Trinajstić information content (AvgIpc) is 3.00. The Morgan fingerprint density at radius 3 is 2.93 bits per heavy atom. The second-order valence-electron chi connectivity index (χ2n) is 5.81. The molecular weight excluding hydrogens is 385 g/mol. The first-order valence-electron chi connectivity index (χ1n) is 8.20. The van der Waals surface area contributed by atoms with Gasteiger partial charge < -0.3 is 15.2 Å². The number of carboxylic acids is 1. The molecule has 3 rings (SSSR count). The zero-order valence-corrected chi connectivity index (χ0v) is 15.6. The van der Waals surface area contributed by atoms with Crippen molar-refractivity contribution in [3.8, 4) is 16.9 Å². The molecule has 7 nitrogen and oxygen atoms in total. The molecule has 0 radical (unpaired) electrons. The third-order valence-electron chi connectivity index (χ3n) is 3.85. The van der Waals surface area contributed by atoms with Crippen molar-refractivity contribution in [1.29, 1.82) is 0 Å². The third kappa shape index (κ3) is 4.74.